The van der Waals surface area contributed by atoms with E-state index in [2.05, 4.69) is 22.5 Å². The molecular formula is C23H36N4O4S. The lowest BCUT2D eigenvalue weighted by Crippen LogP contribution is -2.40. The number of anilines is 1. The highest BCUT2D eigenvalue weighted by atomic mass is 32.2. The maximum atomic E-state index is 12.9. The van der Waals surface area contributed by atoms with Crippen LogP contribution >= 0.6 is 0 Å². The normalized spacial score (nSPS) is 19.6. The number of hydrogen-bond donors (Lipinski definition) is 2. The lowest BCUT2D eigenvalue weighted by Gasteiger charge is -2.31. The van der Waals surface area contributed by atoms with E-state index in [9.17, 15) is 18.0 Å². The molecule has 178 valence electrons. The Morgan fingerprint density at radius 3 is 2.28 bits per heavy atom. The molecule has 2 N–H and O–H groups in total. The summed E-state index contributed by atoms with van der Waals surface area (Å²) in [7, 11) is -3.58. The van der Waals surface area contributed by atoms with Gasteiger partial charge in [0, 0.05) is 44.7 Å². The van der Waals surface area contributed by atoms with Crippen LogP contribution < -0.4 is 10.6 Å². The minimum Gasteiger partial charge on any atom is -0.356 e. The summed E-state index contributed by atoms with van der Waals surface area (Å²) in [6, 6.07) is 6.72. The van der Waals surface area contributed by atoms with Crippen molar-refractivity contribution in [3.05, 3.63) is 24.3 Å². The number of nitrogens with one attached hydrogen (secondary N) is 2. The summed E-state index contributed by atoms with van der Waals surface area (Å²) >= 11 is 0. The fraction of sp³-hybridized carbons (Fsp3) is 0.652. The summed E-state index contributed by atoms with van der Waals surface area (Å²) in [4.78, 5) is 26.2. The molecule has 2 fully saturated rings. The van der Waals surface area contributed by atoms with E-state index in [1.807, 2.05) is 0 Å². The number of benzene rings is 1. The van der Waals surface area contributed by atoms with Gasteiger partial charge in [0.05, 0.1) is 4.90 Å². The molecule has 2 aliphatic heterocycles. The Balaban J connectivity index is 1.40. The van der Waals surface area contributed by atoms with Gasteiger partial charge in [0.25, 0.3) is 0 Å². The number of rotatable bonds is 9. The molecule has 2 heterocycles. The highest BCUT2D eigenvalue weighted by Gasteiger charge is 2.30. The van der Waals surface area contributed by atoms with Crippen molar-refractivity contribution in [1.29, 1.82) is 0 Å². The van der Waals surface area contributed by atoms with Crippen molar-refractivity contribution in [2.24, 2.45) is 5.92 Å². The second-order valence-electron chi connectivity index (χ2n) is 8.99. The summed E-state index contributed by atoms with van der Waals surface area (Å²) in [6.45, 7) is 7.48. The fourth-order valence-corrected chi connectivity index (χ4v) is 6.01. The first-order valence-corrected chi connectivity index (χ1v) is 13.1. The summed E-state index contributed by atoms with van der Waals surface area (Å²) in [5, 5.41) is 5.68. The minimum atomic E-state index is -3.58. The number of amides is 2. The topological polar surface area (TPSA) is 98.8 Å². The maximum absolute atomic E-state index is 12.9. The highest BCUT2D eigenvalue weighted by Crippen LogP contribution is 2.26. The number of carbonyl (C=O) groups is 2. The Hall–Kier alpha value is -1.97. The lowest BCUT2D eigenvalue weighted by molar-refractivity contribution is -0.122. The van der Waals surface area contributed by atoms with E-state index >= 15 is 0 Å². The van der Waals surface area contributed by atoms with Crippen molar-refractivity contribution in [1.82, 2.24) is 14.5 Å². The van der Waals surface area contributed by atoms with Gasteiger partial charge in [0.15, 0.2) is 0 Å². The molecule has 0 saturated carbocycles. The molecule has 1 atom stereocenters. The molecule has 0 aromatic heterocycles. The van der Waals surface area contributed by atoms with E-state index < -0.39 is 10.0 Å². The zero-order valence-electron chi connectivity index (χ0n) is 19.2. The van der Waals surface area contributed by atoms with Crippen molar-refractivity contribution in [2.75, 3.05) is 38.0 Å². The number of likely N-dealkylation sites (tertiary alicyclic amines) is 1. The standard InChI is InChI=1S/C23H36N4O4S/c1-18(26-13-3-4-14-26)9-12-24-23(29)17-20-10-15-27(16-11-20)32(30,31)22-7-5-21(6-8-22)25-19(2)28/h5-8,18,20H,3-4,9-17H2,1-2H3,(H,24,29)(H,25,28)/t18-/m1/s1. The van der Waals surface area contributed by atoms with Gasteiger partial charge < -0.3 is 15.5 Å². The molecule has 0 spiro atoms. The van der Waals surface area contributed by atoms with Crippen LogP contribution in [0.5, 0.6) is 0 Å². The van der Waals surface area contributed by atoms with Gasteiger partial charge in [-0.3, -0.25) is 9.59 Å². The second-order valence-corrected chi connectivity index (χ2v) is 10.9. The summed E-state index contributed by atoms with van der Waals surface area (Å²) < 4.78 is 27.3. The predicted octanol–water partition coefficient (Wildman–Crippen LogP) is 2.43. The van der Waals surface area contributed by atoms with Crippen LogP contribution in [0, 0.1) is 5.92 Å². The molecule has 1 aromatic carbocycles. The molecule has 0 radical (unpaired) electrons. The number of carbonyl (C=O) groups excluding carboxylic acids is 2. The molecule has 2 aliphatic rings. The predicted molar refractivity (Wildman–Crippen MR) is 125 cm³/mol. The molecule has 1 aromatic rings. The van der Waals surface area contributed by atoms with Gasteiger partial charge in [-0.05, 0) is 82.3 Å². The van der Waals surface area contributed by atoms with E-state index in [1.54, 1.807) is 12.1 Å². The average Bonchev–Trinajstić information content (AvgIpc) is 3.29. The lowest BCUT2D eigenvalue weighted by atomic mass is 9.94. The van der Waals surface area contributed by atoms with Crippen LogP contribution in [0.1, 0.15) is 52.4 Å². The average molecular weight is 465 g/mol. The molecule has 3 rings (SSSR count). The Morgan fingerprint density at radius 2 is 1.69 bits per heavy atom. The molecule has 0 bridgehead atoms. The summed E-state index contributed by atoms with van der Waals surface area (Å²) in [6.07, 6.45) is 5.32. The fourth-order valence-electron chi connectivity index (χ4n) is 4.54. The van der Waals surface area contributed by atoms with Gasteiger partial charge in [0.1, 0.15) is 0 Å². The Bertz CT molecular complexity index is 874. The Kier molecular flexibility index (Phi) is 8.67. The van der Waals surface area contributed by atoms with Gasteiger partial charge in [-0.15, -0.1) is 0 Å². The van der Waals surface area contributed by atoms with Crippen LogP contribution in [0.2, 0.25) is 0 Å². The monoisotopic (exact) mass is 464 g/mol. The van der Waals surface area contributed by atoms with Gasteiger partial charge in [-0.2, -0.15) is 4.31 Å². The van der Waals surface area contributed by atoms with Crippen molar-refractivity contribution >= 4 is 27.5 Å². The smallest absolute Gasteiger partial charge is 0.243 e. The molecule has 0 aliphatic carbocycles. The third-order valence-corrected chi connectivity index (χ3v) is 8.42. The maximum Gasteiger partial charge on any atom is 0.243 e. The molecule has 2 amide bonds. The molecular weight excluding hydrogens is 428 g/mol. The molecule has 8 nitrogen and oxygen atoms in total. The first-order valence-electron chi connectivity index (χ1n) is 11.6. The third-order valence-electron chi connectivity index (χ3n) is 6.51. The van der Waals surface area contributed by atoms with Crippen LogP contribution in [-0.4, -0.2) is 68.2 Å². The highest BCUT2D eigenvalue weighted by molar-refractivity contribution is 7.89. The Labute approximate surface area is 191 Å². The van der Waals surface area contributed by atoms with Crippen LogP contribution in [0.4, 0.5) is 5.69 Å². The number of piperidine rings is 1. The van der Waals surface area contributed by atoms with Gasteiger partial charge in [-0.1, -0.05) is 0 Å². The SMILES string of the molecule is CC(=O)Nc1ccc(S(=O)(=O)N2CCC(CC(=O)NCC[C@@H](C)N3CCCC3)CC2)cc1. The minimum absolute atomic E-state index is 0.0634. The third kappa shape index (κ3) is 6.76. The molecule has 2 saturated heterocycles. The van der Waals surface area contributed by atoms with Crippen molar-refractivity contribution in [3.63, 3.8) is 0 Å². The first kappa shape index (κ1) is 24.7. The van der Waals surface area contributed by atoms with Crippen molar-refractivity contribution in [3.8, 4) is 0 Å². The van der Waals surface area contributed by atoms with Gasteiger partial charge in [0.2, 0.25) is 21.8 Å². The van der Waals surface area contributed by atoms with Crippen LogP contribution in [-0.2, 0) is 19.6 Å². The van der Waals surface area contributed by atoms with E-state index in [1.165, 1.54) is 36.2 Å². The van der Waals surface area contributed by atoms with Crippen LogP contribution in [0.3, 0.4) is 0 Å². The number of sulfonamides is 1. The summed E-state index contributed by atoms with van der Waals surface area (Å²) in [5.74, 6) is 0.0703. The first-order chi connectivity index (χ1) is 15.3. The van der Waals surface area contributed by atoms with Crippen LogP contribution in [0.15, 0.2) is 29.2 Å². The van der Waals surface area contributed by atoms with Gasteiger partial charge in [-0.25, -0.2) is 8.42 Å². The molecule has 9 heteroatoms. The zero-order valence-corrected chi connectivity index (χ0v) is 20.0. The van der Waals surface area contributed by atoms with E-state index in [0.717, 1.165) is 19.5 Å². The van der Waals surface area contributed by atoms with E-state index in [-0.39, 0.29) is 22.6 Å². The van der Waals surface area contributed by atoms with Crippen LogP contribution in [0.25, 0.3) is 0 Å². The Morgan fingerprint density at radius 1 is 1.06 bits per heavy atom. The van der Waals surface area contributed by atoms with E-state index in [4.69, 9.17) is 0 Å². The second kappa shape index (κ2) is 11.2. The van der Waals surface area contributed by atoms with Crippen molar-refractivity contribution < 1.29 is 18.0 Å². The molecule has 0 unspecified atom stereocenters. The van der Waals surface area contributed by atoms with Crippen molar-refractivity contribution in [2.45, 2.75) is 63.3 Å². The zero-order chi connectivity index (χ0) is 23.1. The van der Waals surface area contributed by atoms with E-state index in [0.29, 0.717) is 50.6 Å². The molecule has 32 heavy (non-hydrogen) atoms. The quantitative estimate of drug-likeness (QED) is 0.585. The van der Waals surface area contributed by atoms with Gasteiger partial charge >= 0.3 is 0 Å². The number of hydrogen-bond acceptors (Lipinski definition) is 5. The largest absolute Gasteiger partial charge is 0.356 e. The summed E-state index contributed by atoms with van der Waals surface area (Å²) in [5.41, 5.74) is 0.566. The number of nitrogens with zero attached hydrogens (tertiary/aromatic N) is 2.